The van der Waals surface area contributed by atoms with E-state index < -0.39 is 11.5 Å². The lowest BCUT2D eigenvalue weighted by molar-refractivity contribution is -0.139. The lowest BCUT2D eigenvalue weighted by Crippen LogP contribution is -2.50. The van der Waals surface area contributed by atoms with E-state index in [0.29, 0.717) is 23.9 Å². The monoisotopic (exact) mass is 432 g/mol. The summed E-state index contributed by atoms with van der Waals surface area (Å²) in [4.78, 5) is 34.1. The quantitative estimate of drug-likeness (QED) is 0.753. The molecule has 9 nitrogen and oxygen atoms in total. The molecule has 170 valence electrons. The van der Waals surface area contributed by atoms with Crippen molar-refractivity contribution in [3.8, 4) is 5.88 Å². The van der Waals surface area contributed by atoms with Crippen LogP contribution >= 0.6 is 0 Å². The first-order valence-electron chi connectivity index (χ1n) is 11.1. The van der Waals surface area contributed by atoms with Crippen LogP contribution in [0.25, 0.3) is 0 Å². The molecule has 0 bridgehead atoms. The highest BCUT2D eigenvalue weighted by molar-refractivity contribution is 5.90. The lowest BCUT2D eigenvalue weighted by atomic mass is 9.78. The Kier molecular flexibility index (Phi) is 6.22. The Balaban J connectivity index is 1.55. The molecular weight excluding hydrogens is 400 g/mol. The molecule has 2 N–H and O–H groups in total. The number of methoxy groups -OCH3 is 2. The standard InChI is InChI=1S/C22H32N4O5/c1-30-18-9-8-17(23-21(29)31-2)19(24-18)25-12-3-10-22(14-25)11-13-26(20(22)28)15-4-6-16(27)7-5-15/h8-9,15-16,27H,3-7,10-14H2,1-2H3,(H,23,29)/t15?,16?,22-/m1/s1. The molecule has 0 unspecified atom stereocenters. The summed E-state index contributed by atoms with van der Waals surface area (Å²) in [6.45, 7) is 2.08. The van der Waals surface area contributed by atoms with Crippen molar-refractivity contribution < 1.29 is 24.2 Å². The molecule has 4 rings (SSSR count). The zero-order valence-electron chi connectivity index (χ0n) is 18.3. The molecule has 1 atom stereocenters. The predicted octanol–water partition coefficient (Wildman–Crippen LogP) is 2.39. The van der Waals surface area contributed by atoms with Gasteiger partial charge in [-0.05, 0) is 51.0 Å². The molecule has 2 aliphatic heterocycles. The van der Waals surface area contributed by atoms with Crippen LogP contribution in [0.5, 0.6) is 5.88 Å². The summed E-state index contributed by atoms with van der Waals surface area (Å²) in [5.74, 6) is 1.27. The second-order valence-electron chi connectivity index (χ2n) is 8.86. The fourth-order valence-corrected chi connectivity index (χ4v) is 5.30. The van der Waals surface area contributed by atoms with Crippen molar-refractivity contribution in [3.63, 3.8) is 0 Å². The molecule has 1 spiro atoms. The van der Waals surface area contributed by atoms with E-state index in [-0.39, 0.29) is 18.1 Å². The van der Waals surface area contributed by atoms with E-state index in [4.69, 9.17) is 9.47 Å². The first-order valence-corrected chi connectivity index (χ1v) is 11.1. The van der Waals surface area contributed by atoms with Crippen molar-refractivity contribution in [3.05, 3.63) is 12.1 Å². The topological polar surface area (TPSA) is 104 Å². The van der Waals surface area contributed by atoms with Gasteiger partial charge in [0, 0.05) is 31.7 Å². The van der Waals surface area contributed by atoms with Crippen molar-refractivity contribution in [2.24, 2.45) is 5.41 Å². The summed E-state index contributed by atoms with van der Waals surface area (Å²) in [5.41, 5.74) is 0.106. The Bertz CT molecular complexity index is 826. The number of hydrogen-bond donors (Lipinski definition) is 2. The number of nitrogens with zero attached hydrogens (tertiary/aromatic N) is 3. The molecular formula is C22H32N4O5. The van der Waals surface area contributed by atoms with Gasteiger partial charge in [0.2, 0.25) is 11.8 Å². The number of anilines is 2. The zero-order valence-corrected chi connectivity index (χ0v) is 18.3. The molecule has 1 aromatic heterocycles. The number of amides is 2. The number of ether oxygens (including phenoxy) is 2. The van der Waals surface area contributed by atoms with E-state index in [0.717, 1.165) is 58.0 Å². The molecule has 3 aliphatic rings. The van der Waals surface area contributed by atoms with Crippen LogP contribution in [0.4, 0.5) is 16.3 Å². The SMILES string of the molecule is COC(=O)Nc1ccc(OC)nc1N1CCC[C@@]2(CCN(C3CCC(O)CC3)C2=O)C1. The molecule has 2 saturated heterocycles. The summed E-state index contributed by atoms with van der Waals surface area (Å²) < 4.78 is 10.0. The minimum atomic E-state index is -0.567. The summed E-state index contributed by atoms with van der Waals surface area (Å²) in [7, 11) is 2.87. The van der Waals surface area contributed by atoms with E-state index in [9.17, 15) is 14.7 Å². The van der Waals surface area contributed by atoms with E-state index in [1.54, 1.807) is 19.2 Å². The van der Waals surface area contributed by atoms with Gasteiger partial charge in [-0.15, -0.1) is 0 Å². The lowest BCUT2D eigenvalue weighted by Gasteiger charge is -2.41. The normalized spacial score (nSPS) is 28.7. The minimum absolute atomic E-state index is 0.226. The maximum absolute atomic E-state index is 13.6. The first-order chi connectivity index (χ1) is 15.0. The fourth-order valence-electron chi connectivity index (χ4n) is 5.30. The van der Waals surface area contributed by atoms with Crippen LogP contribution in [0.15, 0.2) is 12.1 Å². The number of piperidine rings is 1. The maximum atomic E-state index is 13.6. The van der Waals surface area contributed by atoms with Gasteiger partial charge in [-0.3, -0.25) is 10.1 Å². The number of pyridine rings is 1. The van der Waals surface area contributed by atoms with Crippen molar-refractivity contribution >= 4 is 23.5 Å². The second kappa shape index (κ2) is 8.90. The van der Waals surface area contributed by atoms with Crippen LogP contribution in [0.3, 0.4) is 0 Å². The average molecular weight is 433 g/mol. The van der Waals surface area contributed by atoms with Gasteiger partial charge in [0.25, 0.3) is 0 Å². The van der Waals surface area contributed by atoms with Crippen LogP contribution in [0, 0.1) is 5.41 Å². The smallest absolute Gasteiger partial charge is 0.411 e. The molecule has 1 saturated carbocycles. The maximum Gasteiger partial charge on any atom is 0.411 e. The van der Waals surface area contributed by atoms with Crippen molar-refractivity contribution in [1.29, 1.82) is 0 Å². The molecule has 3 heterocycles. The second-order valence-corrected chi connectivity index (χ2v) is 8.86. The molecule has 3 fully saturated rings. The number of hydrogen-bond acceptors (Lipinski definition) is 7. The average Bonchev–Trinajstić information content (AvgIpc) is 3.09. The van der Waals surface area contributed by atoms with Crippen molar-refractivity contribution in [2.45, 2.75) is 57.1 Å². The highest BCUT2D eigenvalue weighted by Gasteiger charge is 2.51. The van der Waals surface area contributed by atoms with Gasteiger partial charge >= 0.3 is 6.09 Å². The summed E-state index contributed by atoms with van der Waals surface area (Å²) in [6.07, 6.45) is 5.04. The van der Waals surface area contributed by atoms with Gasteiger partial charge in [0.1, 0.15) is 0 Å². The fraction of sp³-hybridized carbons (Fsp3) is 0.682. The highest BCUT2D eigenvalue weighted by Crippen LogP contribution is 2.44. The van der Waals surface area contributed by atoms with E-state index in [1.165, 1.54) is 7.11 Å². The number of aromatic nitrogens is 1. The largest absolute Gasteiger partial charge is 0.481 e. The van der Waals surface area contributed by atoms with E-state index in [2.05, 4.69) is 20.1 Å². The number of likely N-dealkylation sites (tertiary alicyclic amines) is 1. The number of rotatable bonds is 4. The molecule has 1 aliphatic carbocycles. The number of carbonyl (C=O) groups is 2. The van der Waals surface area contributed by atoms with E-state index >= 15 is 0 Å². The van der Waals surface area contributed by atoms with Crippen LogP contribution in [0.2, 0.25) is 0 Å². The molecule has 0 aromatic carbocycles. The Morgan fingerprint density at radius 1 is 1.19 bits per heavy atom. The summed E-state index contributed by atoms with van der Waals surface area (Å²) in [6, 6.07) is 3.67. The highest BCUT2D eigenvalue weighted by atomic mass is 16.5. The van der Waals surface area contributed by atoms with Gasteiger partial charge < -0.3 is 24.4 Å². The number of carbonyl (C=O) groups excluding carboxylic acids is 2. The number of aliphatic hydroxyl groups is 1. The third-order valence-corrected chi connectivity index (χ3v) is 7.01. The van der Waals surface area contributed by atoms with Crippen molar-refractivity contribution in [1.82, 2.24) is 9.88 Å². The van der Waals surface area contributed by atoms with Gasteiger partial charge in [-0.1, -0.05) is 0 Å². The molecule has 1 aromatic rings. The number of nitrogens with one attached hydrogen (secondary N) is 1. The molecule has 9 heteroatoms. The van der Waals surface area contributed by atoms with Crippen LogP contribution in [0.1, 0.15) is 44.9 Å². The van der Waals surface area contributed by atoms with Gasteiger partial charge in [0.15, 0.2) is 5.82 Å². The van der Waals surface area contributed by atoms with Crippen molar-refractivity contribution in [2.75, 3.05) is 44.1 Å². The Hall–Kier alpha value is -2.55. The number of aliphatic hydroxyl groups excluding tert-OH is 1. The zero-order chi connectivity index (χ0) is 22.0. The van der Waals surface area contributed by atoms with E-state index in [1.807, 2.05) is 0 Å². The Morgan fingerprint density at radius 3 is 2.68 bits per heavy atom. The van der Waals surface area contributed by atoms with Crippen LogP contribution < -0.4 is 15.0 Å². The van der Waals surface area contributed by atoms with Crippen LogP contribution in [-0.4, -0.2) is 73.0 Å². The van der Waals surface area contributed by atoms with Gasteiger partial charge in [0.05, 0.1) is 31.4 Å². The van der Waals surface area contributed by atoms with Crippen LogP contribution in [-0.2, 0) is 9.53 Å². The molecule has 2 amide bonds. The summed E-state index contributed by atoms with van der Waals surface area (Å²) >= 11 is 0. The first kappa shape index (κ1) is 21.7. The minimum Gasteiger partial charge on any atom is -0.481 e. The third-order valence-electron chi connectivity index (χ3n) is 7.01. The molecule has 31 heavy (non-hydrogen) atoms. The Labute approximate surface area is 182 Å². The van der Waals surface area contributed by atoms with Gasteiger partial charge in [-0.25, -0.2) is 4.79 Å². The summed E-state index contributed by atoms with van der Waals surface area (Å²) in [5, 5.41) is 12.5. The molecule has 0 radical (unpaired) electrons. The predicted molar refractivity (Wildman–Crippen MR) is 115 cm³/mol. The Morgan fingerprint density at radius 2 is 1.97 bits per heavy atom. The van der Waals surface area contributed by atoms with Gasteiger partial charge in [-0.2, -0.15) is 4.98 Å². The third kappa shape index (κ3) is 4.28.